The van der Waals surface area contributed by atoms with Gasteiger partial charge in [0.15, 0.2) is 22.9 Å². The van der Waals surface area contributed by atoms with Gasteiger partial charge < -0.3 is 4.57 Å². The van der Waals surface area contributed by atoms with E-state index in [1.165, 1.54) is 0 Å². The van der Waals surface area contributed by atoms with Gasteiger partial charge in [0.1, 0.15) is 0 Å². The van der Waals surface area contributed by atoms with Crippen LogP contribution >= 0.6 is 0 Å². The fourth-order valence-electron chi connectivity index (χ4n) is 4.98. The number of pyridine rings is 1. The predicted molar refractivity (Wildman–Crippen MR) is 157 cm³/mol. The molecule has 0 saturated carbocycles. The second-order valence-electron chi connectivity index (χ2n) is 9.29. The van der Waals surface area contributed by atoms with E-state index in [0.29, 0.717) is 28.2 Å². The molecule has 0 aliphatic rings. The van der Waals surface area contributed by atoms with Crippen molar-refractivity contribution in [1.82, 2.24) is 19.5 Å². The molecule has 7 aromatic rings. The first-order valence-electron chi connectivity index (χ1n) is 12.8. The van der Waals surface area contributed by atoms with Crippen LogP contribution in [0, 0.1) is 0 Å². The molecule has 184 valence electrons. The molecule has 0 unspecified atom stereocenters. The molecule has 5 nitrogen and oxygen atoms in total. The van der Waals surface area contributed by atoms with Crippen molar-refractivity contribution in [3.63, 3.8) is 0 Å². The topological polar surface area (TPSA) is 60.7 Å². The number of rotatable bonds is 4. The van der Waals surface area contributed by atoms with Crippen LogP contribution in [-0.2, 0) is 0 Å². The van der Waals surface area contributed by atoms with Gasteiger partial charge >= 0.3 is 0 Å². The van der Waals surface area contributed by atoms with Crippen molar-refractivity contribution in [3.05, 3.63) is 144 Å². The number of fused-ring (bicyclic) bond motifs is 2. The van der Waals surface area contributed by atoms with Gasteiger partial charge in [-0.25, -0.2) is 15.0 Å². The average Bonchev–Trinajstić information content (AvgIpc) is 3.02. The minimum absolute atomic E-state index is 0.00456. The number of hydrogen-bond acceptors (Lipinski definition) is 4. The van der Waals surface area contributed by atoms with Gasteiger partial charge in [0.05, 0.1) is 11.0 Å². The maximum absolute atomic E-state index is 13.5. The van der Waals surface area contributed by atoms with Crippen molar-refractivity contribution in [1.29, 1.82) is 0 Å². The van der Waals surface area contributed by atoms with Gasteiger partial charge in [-0.1, -0.05) is 97.1 Å². The minimum Gasteiger partial charge on any atom is -0.309 e. The Morgan fingerprint density at radius 1 is 0.436 bits per heavy atom. The third kappa shape index (κ3) is 4.06. The van der Waals surface area contributed by atoms with Crippen molar-refractivity contribution in [2.75, 3.05) is 0 Å². The first kappa shape index (κ1) is 22.8. The summed E-state index contributed by atoms with van der Waals surface area (Å²) in [4.78, 5) is 28.1. The number of benzene rings is 5. The van der Waals surface area contributed by atoms with E-state index < -0.39 is 0 Å². The largest absolute Gasteiger partial charge is 0.309 e. The van der Waals surface area contributed by atoms with Crippen LogP contribution < -0.4 is 5.43 Å². The molecule has 0 atom stereocenters. The average molecular weight is 503 g/mol. The Morgan fingerprint density at radius 3 is 1.54 bits per heavy atom. The molecule has 2 heterocycles. The van der Waals surface area contributed by atoms with Crippen molar-refractivity contribution < 1.29 is 0 Å². The Morgan fingerprint density at radius 2 is 0.923 bits per heavy atom. The van der Waals surface area contributed by atoms with Crippen molar-refractivity contribution in [3.8, 4) is 39.9 Å². The van der Waals surface area contributed by atoms with E-state index >= 15 is 0 Å². The SMILES string of the molecule is O=c1c2ccccc2n(-c2ccccc2)c2cc(-c3nc(-c4ccccc4)nc(-c4ccccc4)n3)ccc12. The van der Waals surface area contributed by atoms with E-state index in [1.807, 2.05) is 133 Å². The molecule has 2 aromatic heterocycles. The van der Waals surface area contributed by atoms with E-state index in [1.54, 1.807) is 0 Å². The molecule has 0 saturated heterocycles. The van der Waals surface area contributed by atoms with Crippen LogP contribution in [0.5, 0.6) is 0 Å². The Hall–Kier alpha value is -5.42. The van der Waals surface area contributed by atoms with Crippen LogP contribution in [-0.4, -0.2) is 19.5 Å². The maximum Gasteiger partial charge on any atom is 0.197 e. The summed E-state index contributed by atoms with van der Waals surface area (Å²) >= 11 is 0. The molecule has 39 heavy (non-hydrogen) atoms. The molecule has 0 radical (unpaired) electrons. The highest BCUT2D eigenvalue weighted by Crippen LogP contribution is 2.29. The zero-order chi connectivity index (χ0) is 26.2. The zero-order valence-electron chi connectivity index (χ0n) is 20.9. The van der Waals surface area contributed by atoms with Crippen LogP contribution in [0.4, 0.5) is 0 Å². The molecule has 0 amide bonds. The lowest BCUT2D eigenvalue weighted by atomic mass is 10.1. The Balaban J connectivity index is 1.52. The molecule has 0 aliphatic heterocycles. The fourth-order valence-corrected chi connectivity index (χ4v) is 4.98. The summed E-state index contributed by atoms with van der Waals surface area (Å²) in [5, 5.41) is 1.32. The first-order chi connectivity index (χ1) is 19.3. The second-order valence-corrected chi connectivity index (χ2v) is 9.29. The number of para-hydroxylation sites is 2. The highest BCUT2D eigenvalue weighted by atomic mass is 16.1. The normalized spacial score (nSPS) is 11.2. The van der Waals surface area contributed by atoms with Crippen LogP contribution in [0.1, 0.15) is 0 Å². The summed E-state index contributed by atoms with van der Waals surface area (Å²) in [6.45, 7) is 0. The van der Waals surface area contributed by atoms with E-state index in [2.05, 4.69) is 4.57 Å². The first-order valence-corrected chi connectivity index (χ1v) is 12.8. The summed E-state index contributed by atoms with van der Waals surface area (Å²) < 4.78 is 2.13. The number of hydrogen-bond donors (Lipinski definition) is 0. The lowest BCUT2D eigenvalue weighted by Crippen LogP contribution is -2.10. The summed E-state index contributed by atoms with van der Waals surface area (Å²) in [5.41, 5.74) is 5.25. The van der Waals surface area contributed by atoms with E-state index in [4.69, 9.17) is 15.0 Å². The maximum atomic E-state index is 13.5. The van der Waals surface area contributed by atoms with Crippen LogP contribution in [0.3, 0.4) is 0 Å². The Kier molecular flexibility index (Phi) is 5.52. The van der Waals surface area contributed by atoms with Gasteiger partial charge in [-0.05, 0) is 36.4 Å². The molecular formula is C34H22N4O. The standard InChI is InChI=1S/C34H22N4O/c39-31-27-18-10-11-19-29(27)38(26-16-8-3-9-17-26)30-22-25(20-21-28(30)31)34-36-32(23-12-4-1-5-13-23)35-33(37-34)24-14-6-2-7-15-24/h1-22H. The number of aromatic nitrogens is 4. The Labute approximate surface area is 224 Å². The van der Waals surface area contributed by atoms with E-state index in [0.717, 1.165) is 33.4 Å². The second kappa shape index (κ2) is 9.47. The van der Waals surface area contributed by atoms with Crippen LogP contribution in [0.2, 0.25) is 0 Å². The van der Waals surface area contributed by atoms with Gasteiger partial charge in [-0.2, -0.15) is 0 Å². The van der Waals surface area contributed by atoms with Crippen LogP contribution in [0.15, 0.2) is 138 Å². The van der Waals surface area contributed by atoms with Gasteiger partial charge in [-0.15, -0.1) is 0 Å². The molecule has 0 spiro atoms. The summed E-state index contributed by atoms with van der Waals surface area (Å²) in [5.74, 6) is 1.74. The highest BCUT2D eigenvalue weighted by molar-refractivity contribution is 5.96. The summed E-state index contributed by atoms with van der Waals surface area (Å²) in [7, 11) is 0. The summed E-state index contributed by atoms with van der Waals surface area (Å²) in [6, 6.07) is 43.4. The third-order valence-corrected chi connectivity index (χ3v) is 6.84. The molecule has 7 rings (SSSR count). The van der Waals surface area contributed by atoms with Gasteiger partial charge in [-0.3, -0.25) is 4.79 Å². The molecular weight excluding hydrogens is 480 g/mol. The van der Waals surface area contributed by atoms with E-state index in [9.17, 15) is 4.79 Å². The summed E-state index contributed by atoms with van der Waals surface area (Å²) in [6.07, 6.45) is 0. The van der Waals surface area contributed by atoms with Gasteiger partial charge in [0.25, 0.3) is 0 Å². The Bertz CT molecular complexity index is 1960. The molecule has 5 aromatic carbocycles. The molecule has 5 heteroatoms. The smallest absolute Gasteiger partial charge is 0.197 e. The highest BCUT2D eigenvalue weighted by Gasteiger charge is 2.16. The van der Waals surface area contributed by atoms with Crippen molar-refractivity contribution >= 4 is 21.8 Å². The lowest BCUT2D eigenvalue weighted by Gasteiger charge is -2.16. The molecule has 0 bridgehead atoms. The molecule has 0 aliphatic carbocycles. The van der Waals surface area contributed by atoms with Gasteiger partial charge in [0.2, 0.25) is 0 Å². The molecule has 0 fully saturated rings. The van der Waals surface area contributed by atoms with Crippen LogP contribution in [0.25, 0.3) is 61.7 Å². The quantitative estimate of drug-likeness (QED) is 0.236. The lowest BCUT2D eigenvalue weighted by molar-refractivity contribution is 1.07. The van der Waals surface area contributed by atoms with Gasteiger partial charge in [0, 0.05) is 33.2 Å². The molecule has 0 N–H and O–H groups in total. The number of nitrogens with zero attached hydrogens (tertiary/aromatic N) is 4. The van der Waals surface area contributed by atoms with Crippen molar-refractivity contribution in [2.24, 2.45) is 0 Å². The minimum atomic E-state index is 0.00456. The predicted octanol–water partition coefficient (Wildman–Crippen LogP) is 7.33. The fraction of sp³-hybridized carbons (Fsp3) is 0. The van der Waals surface area contributed by atoms with E-state index in [-0.39, 0.29) is 5.43 Å². The third-order valence-electron chi connectivity index (χ3n) is 6.84. The monoisotopic (exact) mass is 502 g/mol. The zero-order valence-corrected chi connectivity index (χ0v) is 20.9. The van der Waals surface area contributed by atoms with Crippen molar-refractivity contribution in [2.45, 2.75) is 0 Å².